The number of ether oxygens (including phenoxy) is 2. The van der Waals surface area contributed by atoms with E-state index in [2.05, 4.69) is 5.32 Å². The van der Waals surface area contributed by atoms with Crippen LogP contribution >= 0.6 is 0 Å². The summed E-state index contributed by atoms with van der Waals surface area (Å²) in [4.78, 5) is 0. The van der Waals surface area contributed by atoms with Crippen molar-refractivity contribution in [2.75, 3.05) is 33.4 Å². The lowest BCUT2D eigenvalue weighted by molar-refractivity contribution is 0.163. The van der Waals surface area contributed by atoms with E-state index in [0.29, 0.717) is 13.2 Å². The van der Waals surface area contributed by atoms with Gasteiger partial charge in [0.15, 0.2) is 0 Å². The van der Waals surface area contributed by atoms with Crippen molar-refractivity contribution >= 4 is 0 Å². The third-order valence-corrected chi connectivity index (χ3v) is 2.86. The zero-order valence-corrected chi connectivity index (χ0v) is 12.1. The number of nitrogens with one attached hydrogen (secondary N) is 1. The quantitative estimate of drug-likeness (QED) is 0.672. The molecule has 1 atom stereocenters. The second-order valence-corrected chi connectivity index (χ2v) is 4.54. The Morgan fingerprint density at radius 1 is 1.37 bits per heavy atom. The summed E-state index contributed by atoms with van der Waals surface area (Å²) in [6.45, 7) is 6.65. The van der Waals surface area contributed by atoms with E-state index >= 15 is 0 Å². The number of aliphatic hydroxyl groups excluding tert-OH is 1. The van der Waals surface area contributed by atoms with Crippen molar-refractivity contribution in [3.8, 4) is 5.75 Å². The zero-order chi connectivity index (χ0) is 14.1. The van der Waals surface area contributed by atoms with Crippen LogP contribution in [0.2, 0.25) is 0 Å². The summed E-state index contributed by atoms with van der Waals surface area (Å²) in [5.74, 6) is 0.763. The number of rotatable bonds is 9. The highest BCUT2D eigenvalue weighted by Gasteiger charge is 2.13. The van der Waals surface area contributed by atoms with Gasteiger partial charge in [0.2, 0.25) is 0 Å². The van der Waals surface area contributed by atoms with Crippen LogP contribution in [0.5, 0.6) is 5.75 Å². The van der Waals surface area contributed by atoms with Crippen molar-refractivity contribution in [2.24, 2.45) is 0 Å². The summed E-state index contributed by atoms with van der Waals surface area (Å²) in [5, 5.41) is 13.5. The van der Waals surface area contributed by atoms with E-state index in [9.17, 15) is 5.11 Å². The molecule has 0 amide bonds. The van der Waals surface area contributed by atoms with Crippen molar-refractivity contribution in [1.29, 1.82) is 0 Å². The number of hydrogen-bond acceptors (Lipinski definition) is 4. The third kappa shape index (κ3) is 5.59. The Hall–Kier alpha value is -1.10. The molecule has 0 aliphatic heterocycles. The van der Waals surface area contributed by atoms with Gasteiger partial charge >= 0.3 is 0 Å². The maximum Gasteiger partial charge on any atom is 0.125 e. The van der Waals surface area contributed by atoms with Crippen LogP contribution in [0.15, 0.2) is 18.2 Å². The molecule has 108 valence electrons. The summed E-state index contributed by atoms with van der Waals surface area (Å²) < 4.78 is 10.5. The average Bonchev–Trinajstić information content (AvgIpc) is 2.40. The van der Waals surface area contributed by atoms with E-state index in [1.165, 1.54) is 0 Å². The molecule has 0 heterocycles. The third-order valence-electron chi connectivity index (χ3n) is 2.86. The van der Waals surface area contributed by atoms with Crippen LogP contribution in [0, 0.1) is 6.92 Å². The minimum Gasteiger partial charge on any atom is -0.493 e. The highest BCUT2D eigenvalue weighted by molar-refractivity contribution is 5.38. The van der Waals surface area contributed by atoms with Gasteiger partial charge in [0.1, 0.15) is 5.75 Å². The summed E-state index contributed by atoms with van der Waals surface area (Å²) in [5.41, 5.74) is 1.97. The van der Waals surface area contributed by atoms with Gasteiger partial charge in [0.25, 0.3) is 0 Å². The maximum absolute atomic E-state index is 10.2. The fraction of sp³-hybridized carbons (Fsp3) is 0.600. The van der Waals surface area contributed by atoms with E-state index in [4.69, 9.17) is 9.47 Å². The van der Waals surface area contributed by atoms with Crippen LogP contribution in [-0.4, -0.2) is 38.5 Å². The molecule has 0 bridgehead atoms. The van der Waals surface area contributed by atoms with Crippen LogP contribution in [0.3, 0.4) is 0 Å². The molecule has 1 rings (SSSR count). The largest absolute Gasteiger partial charge is 0.493 e. The molecule has 0 aromatic heterocycles. The van der Waals surface area contributed by atoms with Gasteiger partial charge in [-0.1, -0.05) is 11.6 Å². The molecule has 4 heteroatoms. The number of aryl methyl sites for hydroxylation is 1. The van der Waals surface area contributed by atoms with Gasteiger partial charge in [0, 0.05) is 25.8 Å². The number of hydrogen-bond donors (Lipinski definition) is 2. The molecule has 0 radical (unpaired) electrons. The Balaban J connectivity index is 2.54. The molecule has 0 aliphatic carbocycles. The minimum absolute atomic E-state index is 0.521. The van der Waals surface area contributed by atoms with Crippen LogP contribution in [0.25, 0.3) is 0 Å². The fourth-order valence-corrected chi connectivity index (χ4v) is 1.91. The lowest BCUT2D eigenvalue weighted by atomic mass is 10.1. The monoisotopic (exact) mass is 267 g/mol. The van der Waals surface area contributed by atoms with Crippen LogP contribution in [-0.2, 0) is 4.74 Å². The molecule has 1 aromatic rings. The zero-order valence-electron chi connectivity index (χ0n) is 12.1. The molecular formula is C15H25NO3. The fourth-order valence-electron chi connectivity index (χ4n) is 1.91. The van der Waals surface area contributed by atoms with Crippen LogP contribution in [0.4, 0.5) is 0 Å². The van der Waals surface area contributed by atoms with E-state index in [-0.39, 0.29) is 0 Å². The molecule has 2 N–H and O–H groups in total. The smallest absolute Gasteiger partial charge is 0.125 e. The van der Waals surface area contributed by atoms with E-state index in [1.54, 1.807) is 7.11 Å². The predicted octanol–water partition coefficient (Wildman–Crippen LogP) is 2.05. The molecule has 0 aliphatic rings. The summed E-state index contributed by atoms with van der Waals surface area (Å²) in [6, 6.07) is 5.89. The van der Waals surface area contributed by atoms with E-state index in [1.807, 2.05) is 32.0 Å². The van der Waals surface area contributed by atoms with Crippen LogP contribution in [0.1, 0.15) is 30.6 Å². The highest BCUT2D eigenvalue weighted by Crippen LogP contribution is 2.26. The van der Waals surface area contributed by atoms with E-state index in [0.717, 1.165) is 36.4 Å². The lowest BCUT2D eigenvalue weighted by Gasteiger charge is -2.17. The summed E-state index contributed by atoms with van der Waals surface area (Å²) in [7, 11) is 1.69. The van der Waals surface area contributed by atoms with Crippen molar-refractivity contribution in [1.82, 2.24) is 5.32 Å². The first-order valence-electron chi connectivity index (χ1n) is 6.80. The van der Waals surface area contributed by atoms with Crippen LogP contribution < -0.4 is 10.1 Å². The standard InChI is InChI=1S/C15H25NO3/c1-4-19-15-7-6-12(2)10-13(15)14(17)11-16-8-5-9-18-3/h6-7,10,14,16-17H,4-5,8-9,11H2,1-3H3. The van der Waals surface area contributed by atoms with Gasteiger partial charge in [0.05, 0.1) is 12.7 Å². The first-order valence-corrected chi connectivity index (χ1v) is 6.80. The normalized spacial score (nSPS) is 12.4. The second kappa shape index (κ2) is 8.91. The number of aliphatic hydroxyl groups is 1. The Morgan fingerprint density at radius 3 is 2.84 bits per heavy atom. The van der Waals surface area contributed by atoms with Gasteiger partial charge in [-0.2, -0.15) is 0 Å². The highest BCUT2D eigenvalue weighted by atomic mass is 16.5. The SMILES string of the molecule is CCOc1ccc(C)cc1C(O)CNCCCOC. The topological polar surface area (TPSA) is 50.7 Å². The number of methoxy groups -OCH3 is 1. The van der Waals surface area contributed by atoms with Gasteiger partial charge in [-0.15, -0.1) is 0 Å². The molecular weight excluding hydrogens is 242 g/mol. The first kappa shape index (κ1) is 16.0. The Morgan fingerprint density at radius 2 is 2.16 bits per heavy atom. The maximum atomic E-state index is 10.2. The van der Waals surface area contributed by atoms with Gasteiger partial charge < -0.3 is 19.9 Å². The van der Waals surface area contributed by atoms with E-state index < -0.39 is 6.10 Å². The van der Waals surface area contributed by atoms with Gasteiger partial charge in [-0.25, -0.2) is 0 Å². The van der Waals surface area contributed by atoms with Crippen molar-refractivity contribution < 1.29 is 14.6 Å². The van der Waals surface area contributed by atoms with Crippen molar-refractivity contribution in [3.05, 3.63) is 29.3 Å². The molecule has 0 spiro atoms. The molecule has 4 nitrogen and oxygen atoms in total. The lowest BCUT2D eigenvalue weighted by Crippen LogP contribution is -2.23. The summed E-state index contributed by atoms with van der Waals surface area (Å²) in [6.07, 6.45) is 0.388. The molecule has 19 heavy (non-hydrogen) atoms. The van der Waals surface area contributed by atoms with Crippen molar-refractivity contribution in [3.63, 3.8) is 0 Å². The van der Waals surface area contributed by atoms with Gasteiger partial charge in [-0.3, -0.25) is 0 Å². The molecule has 1 aromatic carbocycles. The minimum atomic E-state index is -0.552. The number of benzene rings is 1. The predicted molar refractivity (Wildman–Crippen MR) is 76.7 cm³/mol. The molecule has 0 saturated carbocycles. The Bertz CT molecular complexity index is 368. The first-order chi connectivity index (χ1) is 9.19. The molecule has 0 saturated heterocycles. The Kier molecular flexibility index (Phi) is 7.48. The second-order valence-electron chi connectivity index (χ2n) is 4.54. The molecule has 0 fully saturated rings. The van der Waals surface area contributed by atoms with Crippen molar-refractivity contribution in [2.45, 2.75) is 26.4 Å². The average molecular weight is 267 g/mol. The summed E-state index contributed by atoms with van der Waals surface area (Å²) >= 11 is 0. The Labute approximate surface area is 115 Å². The van der Waals surface area contributed by atoms with Gasteiger partial charge in [-0.05, 0) is 38.9 Å². The molecule has 1 unspecified atom stereocenters.